The monoisotopic (exact) mass is 346 g/mol. The second kappa shape index (κ2) is 5.97. The molecular weight excluding hydrogens is 328 g/mol. The van der Waals surface area contributed by atoms with Gasteiger partial charge in [0, 0.05) is 36.3 Å². The molecule has 1 N–H and O–H groups in total. The predicted octanol–water partition coefficient (Wildman–Crippen LogP) is 2.91. The number of anilines is 1. The largest absolute Gasteiger partial charge is 0.375 e. The lowest BCUT2D eigenvalue weighted by atomic mass is 9.88. The molecule has 1 aromatic heterocycles. The highest BCUT2D eigenvalue weighted by Gasteiger charge is 2.49. The Bertz CT molecular complexity index is 977. The van der Waals surface area contributed by atoms with Crippen LogP contribution in [0.4, 0.5) is 5.69 Å². The van der Waals surface area contributed by atoms with Crippen molar-refractivity contribution in [1.29, 1.82) is 0 Å². The van der Waals surface area contributed by atoms with Gasteiger partial charge in [-0.25, -0.2) is 0 Å². The number of para-hydroxylation sites is 1. The molecule has 0 spiro atoms. The minimum absolute atomic E-state index is 0.273. The summed E-state index contributed by atoms with van der Waals surface area (Å²) in [5.74, 6) is -0.749. The summed E-state index contributed by atoms with van der Waals surface area (Å²) in [6, 6.07) is 18.0. The molecule has 0 aliphatic carbocycles. The van der Waals surface area contributed by atoms with Crippen molar-refractivity contribution in [3.05, 3.63) is 84.2 Å². The maximum Gasteiger partial charge on any atom is 0.263 e. The van der Waals surface area contributed by atoms with E-state index in [-0.39, 0.29) is 12.2 Å². The van der Waals surface area contributed by atoms with Gasteiger partial charge in [0.2, 0.25) is 0 Å². The average molecular weight is 346 g/mol. The van der Waals surface area contributed by atoms with Gasteiger partial charge in [0.25, 0.3) is 5.91 Å². The molecular formula is C21H18N2O3. The van der Waals surface area contributed by atoms with Gasteiger partial charge in [-0.2, -0.15) is 0 Å². The number of ketones is 1. The van der Waals surface area contributed by atoms with Crippen molar-refractivity contribution in [1.82, 2.24) is 4.57 Å². The summed E-state index contributed by atoms with van der Waals surface area (Å²) in [6.45, 7) is 0. The Labute approximate surface area is 151 Å². The molecule has 1 aliphatic rings. The Hall–Kier alpha value is -3.18. The molecule has 0 fully saturated rings. The van der Waals surface area contributed by atoms with Crippen LogP contribution in [-0.4, -0.2) is 28.4 Å². The first kappa shape index (κ1) is 16.3. The second-order valence-electron chi connectivity index (χ2n) is 6.48. The number of rotatable bonds is 4. The van der Waals surface area contributed by atoms with Crippen LogP contribution in [0.15, 0.2) is 73.1 Å². The van der Waals surface area contributed by atoms with E-state index in [1.807, 2.05) is 41.2 Å². The summed E-state index contributed by atoms with van der Waals surface area (Å²) in [5.41, 5.74) is 0.698. The Morgan fingerprint density at radius 1 is 1.00 bits per heavy atom. The van der Waals surface area contributed by atoms with Crippen LogP contribution in [-0.2, 0) is 10.4 Å². The number of amides is 1. The molecule has 0 bridgehead atoms. The second-order valence-corrected chi connectivity index (χ2v) is 6.48. The molecule has 130 valence electrons. The maximum atomic E-state index is 12.7. The van der Waals surface area contributed by atoms with Crippen molar-refractivity contribution in [2.45, 2.75) is 12.0 Å². The van der Waals surface area contributed by atoms with Crippen LogP contribution in [0.5, 0.6) is 0 Å². The molecule has 1 aliphatic heterocycles. The van der Waals surface area contributed by atoms with Crippen molar-refractivity contribution < 1.29 is 14.7 Å². The van der Waals surface area contributed by atoms with Crippen molar-refractivity contribution in [3.63, 3.8) is 0 Å². The Balaban J connectivity index is 1.61. The zero-order valence-electron chi connectivity index (χ0n) is 14.3. The third-order valence-electron chi connectivity index (χ3n) is 4.88. The van der Waals surface area contributed by atoms with E-state index in [0.29, 0.717) is 16.8 Å². The van der Waals surface area contributed by atoms with Crippen LogP contribution in [0.25, 0.3) is 5.69 Å². The lowest BCUT2D eigenvalue weighted by Crippen LogP contribution is -2.40. The smallest absolute Gasteiger partial charge is 0.263 e. The van der Waals surface area contributed by atoms with Crippen LogP contribution in [0, 0.1) is 0 Å². The van der Waals surface area contributed by atoms with Crippen molar-refractivity contribution in [2.75, 3.05) is 11.9 Å². The highest BCUT2D eigenvalue weighted by Crippen LogP contribution is 2.41. The molecule has 0 saturated heterocycles. The number of Topliss-reactive ketones (excluding diaryl/α,β-unsaturated/α-hetero) is 1. The molecule has 3 aromatic rings. The maximum absolute atomic E-state index is 12.7. The lowest BCUT2D eigenvalue weighted by Gasteiger charge is -2.21. The molecule has 0 saturated carbocycles. The zero-order chi connectivity index (χ0) is 18.3. The number of hydrogen-bond donors (Lipinski definition) is 1. The summed E-state index contributed by atoms with van der Waals surface area (Å²) in [5, 5.41) is 11.0. The van der Waals surface area contributed by atoms with Gasteiger partial charge in [-0.15, -0.1) is 0 Å². The summed E-state index contributed by atoms with van der Waals surface area (Å²) in [6.07, 6.45) is 3.56. The van der Waals surface area contributed by atoms with Crippen molar-refractivity contribution in [3.8, 4) is 5.69 Å². The van der Waals surface area contributed by atoms with Crippen molar-refractivity contribution in [2.24, 2.45) is 0 Å². The molecule has 5 heteroatoms. The normalized spacial score (nSPS) is 18.8. The highest BCUT2D eigenvalue weighted by molar-refractivity contribution is 6.10. The summed E-state index contributed by atoms with van der Waals surface area (Å²) < 4.78 is 1.94. The van der Waals surface area contributed by atoms with E-state index in [2.05, 4.69) is 0 Å². The van der Waals surface area contributed by atoms with Crippen LogP contribution < -0.4 is 4.90 Å². The van der Waals surface area contributed by atoms with E-state index in [1.165, 1.54) is 4.90 Å². The first-order chi connectivity index (χ1) is 12.5. The predicted molar refractivity (Wildman–Crippen MR) is 98.5 cm³/mol. The molecule has 4 rings (SSSR count). The van der Waals surface area contributed by atoms with E-state index < -0.39 is 11.5 Å². The number of aromatic nitrogens is 1. The van der Waals surface area contributed by atoms with E-state index in [4.69, 9.17) is 0 Å². The number of carbonyl (C=O) groups is 2. The van der Waals surface area contributed by atoms with Gasteiger partial charge in [-0.3, -0.25) is 9.59 Å². The van der Waals surface area contributed by atoms with Gasteiger partial charge < -0.3 is 14.6 Å². The zero-order valence-corrected chi connectivity index (χ0v) is 14.3. The number of aliphatic hydroxyl groups is 1. The number of hydrogen-bond acceptors (Lipinski definition) is 3. The Morgan fingerprint density at radius 3 is 2.35 bits per heavy atom. The third kappa shape index (κ3) is 2.45. The number of benzene rings is 2. The quantitative estimate of drug-likeness (QED) is 0.739. The molecule has 26 heavy (non-hydrogen) atoms. The molecule has 1 atom stereocenters. The lowest BCUT2D eigenvalue weighted by molar-refractivity contribution is -0.135. The number of nitrogens with zero attached hydrogens (tertiary/aromatic N) is 2. The number of likely N-dealkylation sites (N-methyl/N-ethyl adjacent to an activating group) is 1. The minimum Gasteiger partial charge on any atom is -0.375 e. The molecule has 0 radical (unpaired) electrons. The Kier molecular flexibility index (Phi) is 3.74. The SMILES string of the molecule is CN1C(=O)[C@@](O)(CC(=O)c2ccc(-n3cccc3)cc2)c2ccccc21. The summed E-state index contributed by atoms with van der Waals surface area (Å²) in [4.78, 5) is 26.7. The van der Waals surface area contributed by atoms with Gasteiger partial charge in [0.1, 0.15) is 0 Å². The summed E-state index contributed by atoms with van der Waals surface area (Å²) >= 11 is 0. The average Bonchev–Trinajstić information content (AvgIpc) is 3.26. The van der Waals surface area contributed by atoms with E-state index in [9.17, 15) is 14.7 Å². The Morgan fingerprint density at radius 2 is 1.65 bits per heavy atom. The fourth-order valence-corrected chi connectivity index (χ4v) is 3.45. The molecule has 2 heterocycles. The van der Waals surface area contributed by atoms with Crippen LogP contribution in [0.2, 0.25) is 0 Å². The molecule has 1 amide bonds. The minimum atomic E-state index is -1.82. The highest BCUT2D eigenvalue weighted by atomic mass is 16.3. The van der Waals surface area contributed by atoms with E-state index in [1.54, 1.807) is 43.4 Å². The fourth-order valence-electron chi connectivity index (χ4n) is 3.45. The first-order valence-corrected chi connectivity index (χ1v) is 8.37. The van der Waals surface area contributed by atoms with E-state index in [0.717, 1.165) is 5.69 Å². The van der Waals surface area contributed by atoms with Gasteiger partial charge >= 0.3 is 0 Å². The molecule has 0 unspecified atom stereocenters. The molecule has 2 aromatic carbocycles. The van der Waals surface area contributed by atoms with Gasteiger partial charge in [-0.05, 0) is 42.5 Å². The van der Waals surface area contributed by atoms with E-state index >= 15 is 0 Å². The van der Waals surface area contributed by atoms with Crippen LogP contribution in [0.3, 0.4) is 0 Å². The topological polar surface area (TPSA) is 62.5 Å². The standard InChI is InChI=1S/C21H18N2O3/c1-22-18-7-3-2-6-17(18)21(26,20(22)25)14-19(24)15-8-10-16(11-9-15)23-12-4-5-13-23/h2-13,26H,14H2,1H3/t21-/m1/s1. The van der Waals surface area contributed by atoms with Gasteiger partial charge in [0.05, 0.1) is 12.1 Å². The van der Waals surface area contributed by atoms with Crippen LogP contribution in [0.1, 0.15) is 22.3 Å². The fraction of sp³-hybridized carbons (Fsp3) is 0.143. The summed E-state index contributed by atoms with van der Waals surface area (Å²) in [7, 11) is 1.61. The number of fused-ring (bicyclic) bond motifs is 1. The third-order valence-corrected chi connectivity index (χ3v) is 4.88. The van der Waals surface area contributed by atoms with Gasteiger partial charge in [0.15, 0.2) is 11.4 Å². The molecule has 5 nitrogen and oxygen atoms in total. The van der Waals surface area contributed by atoms with Crippen molar-refractivity contribution >= 4 is 17.4 Å². The van der Waals surface area contributed by atoms with Crippen LogP contribution >= 0.6 is 0 Å². The first-order valence-electron chi connectivity index (χ1n) is 8.37. The number of carbonyl (C=O) groups excluding carboxylic acids is 2. The van der Waals surface area contributed by atoms with Gasteiger partial charge in [-0.1, -0.05) is 18.2 Å².